The second-order valence-electron chi connectivity index (χ2n) is 6.14. The van der Waals surface area contributed by atoms with Gasteiger partial charge in [0.2, 0.25) is 15.9 Å². The maximum Gasteiger partial charge on any atom is 0.343 e. The number of benzene rings is 2. The number of morpholine rings is 1. The molecule has 1 aliphatic rings. The van der Waals surface area contributed by atoms with E-state index in [9.17, 15) is 18.0 Å². The number of sulfonamides is 1. The molecule has 1 aliphatic heterocycles. The number of nitrogens with one attached hydrogen (secondary N) is 1. The lowest BCUT2D eigenvalue weighted by Crippen LogP contribution is -2.40. The molecule has 0 aliphatic carbocycles. The molecule has 0 atom stereocenters. The van der Waals surface area contributed by atoms with Gasteiger partial charge in [0.05, 0.1) is 23.7 Å². The van der Waals surface area contributed by atoms with Crippen molar-refractivity contribution in [1.82, 2.24) is 4.31 Å². The molecule has 2 aromatic carbocycles. The highest BCUT2D eigenvalue weighted by molar-refractivity contribution is 7.89. The number of ether oxygens (including phenoxy) is 2. The van der Waals surface area contributed by atoms with Gasteiger partial charge in [-0.2, -0.15) is 4.31 Å². The lowest BCUT2D eigenvalue weighted by Gasteiger charge is -2.26. The van der Waals surface area contributed by atoms with E-state index in [-0.39, 0.29) is 22.1 Å². The van der Waals surface area contributed by atoms with E-state index in [1.165, 1.54) is 41.6 Å². The maximum absolute atomic E-state index is 12.6. The molecule has 0 spiro atoms. The lowest BCUT2D eigenvalue weighted by molar-refractivity contribution is -0.114. The Balaban J connectivity index is 1.71. The number of anilines is 1. The number of amides is 1. The maximum atomic E-state index is 12.6. The largest absolute Gasteiger partial charge is 0.423 e. The number of hydrogen-bond acceptors (Lipinski definition) is 6. The van der Waals surface area contributed by atoms with Crippen LogP contribution in [-0.4, -0.2) is 50.9 Å². The van der Waals surface area contributed by atoms with Gasteiger partial charge in [-0.25, -0.2) is 13.2 Å². The summed E-state index contributed by atoms with van der Waals surface area (Å²) in [5.74, 6) is -0.600. The predicted octanol–water partition coefficient (Wildman–Crippen LogP) is 1.89. The highest BCUT2D eigenvalue weighted by Crippen LogP contribution is 2.21. The quantitative estimate of drug-likeness (QED) is 0.603. The molecule has 1 saturated heterocycles. The molecule has 1 fully saturated rings. The number of carbonyl (C=O) groups excluding carboxylic acids is 2. The number of esters is 1. The minimum atomic E-state index is -3.62. The van der Waals surface area contributed by atoms with E-state index in [2.05, 4.69) is 5.32 Å². The highest BCUT2D eigenvalue weighted by Gasteiger charge is 2.26. The van der Waals surface area contributed by atoms with Gasteiger partial charge in [-0.05, 0) is 36.4 Å². The van der Waals surface area contributed by atoms with E-state index in [0.717, 1.165) is 0 Å². The Morgan fingerprint density at radius 1 is 1.07 bits per heavy atom. The van der Waals surface area contributed by atoms with E-state index in [4.69, 9.17) is 9.47 Å². The Morgan fingerprint density at radius 3 is 2.39 bits per heavy atom. The Morgan fingerprint density at radius 2 is 1.75 bits per heavy atom. The van der Waals surface area contributed by atoms with Crippen LogP contribution in [0, 0.1) is 0 Å². The molecule has 148 valence electrons. The third-order valence-electron chi connectivity index (χ3n) is 4.06. The van der Waals surface area contributed by atoms with Crippen LogP contribution in [0.15, 0.2) is 53.4 Å². The molecule has 1 amide bonds. The summed E-state index contributed by atoms with van der Waals surface area (Å²) in [4.78, 5) is 23.6. The highest BCUT2D eigenvalue weighted by atomic mass is 32.2. The topological polar surface area (TPSA) is 102 Å². The molecule has 0 unspecified atom stereocenters. The van der Waals surface area contributed by atoms with Gasteiger partial charge in [0.25, 0.3) is 0 Å². The van der Waals surface area contributed by atoms with Gasteiger partial charge >= 0.3 is 5.97 Å². The fourth-order valence-corrected chi connectivity index (χ4v) is 4.11. The molecule has 2 aromatic rings. The van der Waals surface area contributed by atoms with Crippen molar-refractivity contribution in [2.45, 2.75) is 11.8 Å². The van der Waals surface area contributed by atoms with Crippen molar-refractivity contribution in [3.8, 4) is 5.75 Å². The zero-order valence-electron chi connectivity index (χ0n) is 15.3. The first-order valence-corrected chi connectivity index (χ1v) is 10.1. The third kappa shape index (κ3) is 4.75. The zero-order chi connectivity index (χ0) is 20.1. The smallest absolute Gasteiger partial charge is 0.343 e. The van der Waals surface area contributed by atoms with Crippen molar-refractivity contribution in [2.24, 2.45) is 0 Å². The zero-order valence-corrected chi connectivity index (χ0v) is 16.1. The van der Waals surface area contributed by atoms with Crippen molar-refractivity contribution in [3.63, 3.8) is 0 Å². The SMILES string of the molecule is CC(=O)Nc1cccc(OC(=O)c2ccc(S(=O)(=O)N3CCOCC3)cc2)c1. The lowest BCUT2D eigenvalue weighted by atomic mass is 10.2. The summed E-state index contributed by atoms with van der Waals surface area (Å²) in [5, 5.41) is 2.60. The van der Waals surface area contributed by atoms with Crippen LogP contribution in [0.1, 0.15) is 17.3 Å². The Kier molecular flexibility index (Phi) is 6.08. The summed E-state index contributed by atoms with van der Waals surface area (Å²) in [7, 11) is -3.62. The van der Waals surface area contributed by atoms with Gasteiger partial charge in [-0.1, -0.05) is 6.07 Å². The molecule has 1 N–H and O–H groups in total. The molecule has 0 radical (unpaired) electrons. The molecular formula is C19H20N2O6S. The van der Waals surface area contributed by atoms with Crippen LogP contribution in [0.4, 0.5) is 5.69 Å². The molecule has 8 nitrogen and oxygen atoms in total. The summed E-state index contributed by atoms with van der Waals surface area (Å²) in [6, 6.07) is 12.0. The van der Waals surface area contributed by atoms with E-state index < -0.39 is 16.0 Å². The second kappa shape index (κ2) is 8.51. The molecular weight excluding hydrogens is 384 g/mol. The monoisotopic (exact) mass is 404 g/mol. The van der Waals surface area contributed by atoms with Crippen LogP contribution < -0.4 is 10.1 Å². The summed E-state index contributed by atoms with van der Waals surface area (Å²) in [6.45, 7) is 2.71. The number of nitrogens with zero attached hydrogens (tertiary/aromatic N) is 1. The third-order valence-corrected chi connectivity index (χ3v) is 5.98. The molecule has 1 heterocycles. The van der Waals surface area contributed by atoms with E-state index in [1.807, 2.05) is 0 Å². The number of carbonyl (C=O) groups is 2. The van der Waals surface area contributed by atoms with Crippen LogP contribution in [0.2, 0.25) is 0 Å². The van der Waals surface area contributed by atoms with E-state index in [0.29, 0.717) is 32.0 Å². The average Bonchev–Trinajstić information content (AvgIpc) is 2.68. The Labute approximate surface area is 163 Å². The van der Waals surface area contributed by atoms with Gasteiger partial charge in [0.1, 0.15) is 5.75 Å². The first kappa shape index (κ1) is 20.0. The molecule has 0 saturated carbocycles. The van der Waals surface area contributed by atoms with Crippen molar-refractivity contribution >= 4 is 27.6 Å². The van der Waals surface area contributed by atoms with Gasteiger partial charge in [0, 0.05) is 31.8 Å². The average molecular weight is 404 g/mol. The first-order chi connectivity index (χ1) is 13.4. The fraction of sp³-hybridized carbons (Fsp3) is 0.263. The van der Waals surface area contributed by atoms with Crippen molar-refractivity contribution < 1.29 is 27.5 Å². The first-order valence-electron chi connectivity index (χ1n) is 8.64. The van der Waals surface area contributed by atoms with E-state index in [1.54, 1.807) is 18.2 Å². The van der Waals surface area contributed by atoms with Crippen molar-refractivity contribution in [3.05, 3.63) is 54.1 Å². The van der Waals surface area contributed by atoms with Gasteiger partial charge < -0.3 is 14.8 Å². The van der Waals surface area contributed by atoms with Gasteiger partial charge in [0.15, 0.2) is 0 Å². The minimum Gasteiger partial charge on any atom is -0.423 e. The standard InChI is InChI=1S/C19H20N2O6S/c1-14(22)20-16-3-2-4-17(13-16)27-19(23)15-5-7-18(8-6-15)28(24,25)21-9-11-26-12-10-21/h2-8,13H,9-12H2,1H3,(H,20,22). The summed E-state index contributed by atoms with van der Waals surface area (Å²) >= 11 is 0. The van der Waals surface area contributed by atoms with Crippen molar-refractivity contribution in [1.29, 1.82) is 0 Å². The Bertz CT molecular complexity index is 966. The van der Waals surface area contributed by atoms with Crippen LogP contribution in [0.5, 0.6) is 5.75 Å². The molecule has 9 heteroatoms. The molecule has 0 bridgehead atoms. The predicted molar refractivity (Wildman–Crippen MR) is 102 cm³/mol. The van der Waals surface area contributed by atoms with Gasteiger partial charge in [-0.3, -0.25) is 4.79 Å². The normalized spacial score (nSPS) is 15.0. The molecule has 28 heavy (non-hydrogen) atoms. The van der Waals surface area contributed by atoms with E-state index >= 15 is 0 Å². The number of hydrogen-bond donors (Lipinski definition) is 1. The Hall–Kier alpha value is -2.75. The van der Waals surface area contributed by atoms with Crippen molar-refractivity contribution in [2.75, 3.05) is 31.6 Å². The second-order valence-corrected chi connectivity index (χ2v) is 8.08. The molecule has 0 aromatic heterocycles. The van der Waals surface area contributed by atoms with Crippen LogP contribution in [0.3, 0.4) is 0 Å². The van der Waals surface area contributed by atoms with Crippen LogP contribution in [0.25, 0.3) is 0 Å². The minimum absolute atomic E-state index is 0.110. The van der Waals surface area contributed by atoms with Crippen LogP contribution in [-0.2, 0) is 19.6 Å². The summed E-state index contributed by atoms with van der Waals surface area (Å²) in [6.07, 6.45) is 0. The van der Waals surface area contributed by atoms with Gasteiger partial charge in [-0.15, -0.1) is 0 Å². The summed E-state index contributed by atoms with van der Waals surface area (Å²) in [5.41, 5.74) is 0.718. The summed E-state index contributed by atoms with van der Waals surface area (Å²) < 4.78 is 37.0. The van der Waals surface area contributed by atoms with Crippen LogP contribution >= 0.6 is 0 Å². The number of rotatable bonds is 5. The fourth-order valence-electron chi connectivity index (χ4n) is 2.71. The molecule has 3 rings (SSSR count).